The molecule has 1 heterocycles. The Balaban J connectivity index is 2.21. The number of aromatic nitrogens is 2. The van der Waals surface area contributed by atoms with Crippen molar-refractivity contribution < 1.29 is 4.92 Å². The van der Waals surface area contributed by atoms with E-state index in [1.54, 1.807) is 11.6 Å². The van der Waals surface area contributed by atoms with E-state index >= 15 is 0 Å². The first-order valence-electron chi connectivity index (χ1n) is 7.55. The second-order valence-electron chi connectivity index (χ2n) is 5.64. The zero-order valence-corrected chi connectivity index (χ0v) is 12.6. The van der Waals surface area contributed by atoms with Gasteiger partial charge in [-0.3, -0.25) is 10.1 Å². The molecule has 2 atom stereocenters. The van der Waals surface area contributed by atoms with E-state index in [0.29, 0.717) is 24.1 Å². The Morgan fingerprint density at radius 3 is 2.80 bits per heavy atom. The molecule has 0 aliphatic heterocycles. The number of nitro groups is 1. The van der Waals surface area contributed by atoms with Crippen LogP contribution in [0.3, 0.4) is 0 Å². The van der Waals surface area contributed by atoms with Crippen molar-refractivity contribution in [2.75, 3.05) is 5.32 Å². The zero-order valence-electron chi connectivity index (χ0n) is 12.6. The zero-order chi connectivity index (χ0) is 14.7. The summed E-state index contributed by atoms with van der Waals surface area (Å²) in [5.74, 6) is 1.32. The molecule has 1 saturated carbocycles. The Morgan fingerprint density at radius 2 is 2.20 bits per heavy atom. The molecule has 112 valence electrons. The van der Waals surface area contributed by atoms with Gasteiger partial charge in [-0.2, -0.15) is 5.10 Å². The van der Waals surface area contributed by atoms with Gasteiger partial charge in [0.25, 0.3) is 0 Å². The van der Waals surface area contributed by atoms with Gasteiger partial charge in [-0.1, -0.05) is 26.2 Å². The number of hydrogen-bond donors (Lipinski definition) is 1. The number of anilines is 1. The fourth-order valence-corrected chi connectivity index (χ4v) is 3.15. The minimum Gasteiger partial charge on any atom is -0.362 e. The average molecular weight is 280 g/mol. The Labute approximate surface area is 119 Å². The van der Waals surface area contributed by atoms with E-state index in [1.165, 1.54) is 19.3 Å². The van der Waals surface area contributed by atoms with Gasteiger partial charge in [0.1, 0.15) is 5.69 Å². The van der Waals surface area contributed by atoms with Crippen molar-refractivity contribution in [3.8, 4) is 0 Å². The third kappa shape index (κ3) is 2.94. The number of rotatable bonds is 5. The Hall–Kier alpha value is -1.59. The fraction of sp³-hybridized carbons (Fsp3) is 0.786. The van der Waals surface area contributed by atoms with E-state index in [9.17, 15) is 10.1 Å². The molecule has 2 unspecified atom stereocenters. The minimum atomic E-state index is -0.322. The quantitative estimate of drug-likeness (QED) is 0.661. The molecule has 0 spiro atoms. The molecule has 0 aromatic carbocycles. The molecule has 0 bridgehead atoms. The lowest BCUT2D eigenvalue weighted by Crippen LogP contribution is -2.28. The Kier molecular flexibility index (Phi) is 4.62. The van der Waals surface area contributed by atoms with E-state index in [2.05, 4.69) is 17.3 Å². The lowest BCUT2D eigenvalue weighted by atomic mass is 9.84. The summed E-state index contributed by atoms with van der Waals surface area (Å²) in [7, 11) is 0. The second-order valence-corrected chi connectivity index (χ2v) is 5.64. The van der Waals surface area contributed by atoms with E-state index < -0.39 is 0 Å². The highest BCUT2D eigenvalue weighted by Gasteiger charge is 2.28. The summed E-state index contributed by atoms with van der Waals surface area (Å²) in [5, 5.41) is 18.9. The van der Waals surface area contributed by atoms with Crippen molar-refractivity contribution in [3.63, 3.8) is 0 Å². The van der Waals surface area contributed by atoms with Gasteiger partial charge in [0.2, 0.25) is 5.82 Å². The van der Waals surface area contributed by atoms with Gasteiger partial charge in [0, 0.05) is 12.6 Å². The molecule has 0 saturated heterocycles. The van der Waals surface area contributed by atoms with Gasteiger partial charge in [0.05, 0.1) is 4.92 Å². The number of hydrogen-bond acceptors (Lipinski definition) is 4. The van der Waals surface area contributed by atoms with E-state index in [0.717, 1.165) is 18.8 Å². The number of nitrogens with one attached hydrogen (secondary N) is 1. The van der Waals surface area contributed by atoms with Crippen LogP contribution in [0.15, 0.2) is 0 Å². The Bertz CT molecular complexity index is 484. The lowest BCUT2D eigenvalue weighted by molar-refractivity contribution is -0.384. The van der Waals surface area contributed by atoms with Crippen molar-refractivity contribution in [2.45, 2.75) is 65.5 Å². The SMILES string of the molecule is CCC1CCCC(Nc2c([N+](=O)[O-])c(C)nn2CC)C1. The van der Waals surface area contributed by atoms with Crippen molar-refractivity contribution >= 4 is 11.5 Å². The normalized spacial score (nSPS) is 22.8. The minimum absolute atomic E-state index is 0.130. The number of nitrogens with zero attached hydrogens (tertiary/aromatic N) is 3. The van der Waals surface area contributed by atoms with Crippen molar-refractivity contribution in [1.82, 2.24) is 9.78 Å². The van der Waals surface area contributed by atoms with Crippen LogP contribution in [0, 0.1) is 23.0 Å². The third-order valence-electron chi connectivity index (χ3n) is 4.28. The third-order valence-corrected chi connectivity index (χ3v) is 4.28. The highest BCUT2D eigenvalue weighted by Crippen LogP contribution is 2.33. The summed E-state index contributed by atoms with van der Waals surface area (Å²) in [6.45, 7) is 6.51. The molecule has 1 aromatic rings. The van der Waals surface area contributed by atoms with Crippen LogP contribution in [0.5, 0.6) is 0 Å². The fourth-order valence-electron chi connectivity index (χ4n) is 3.15. The largest absolute Gasteiger partial charge is 0.362 e. The lowest BCUT2D eigenvalue weighted by Gasteiger charge is -2.29. The summed E-state index contributed by atoms with van der Waals surface area (Å²) in [4.78, 5) is 10.9. The smallest absolute Gasteiger partial charge is 0.333 e. The van der Waals surface area contributed by atoms with Gasteiger partial charge in [-0.25, -0.2) is 4.68 Å². The summed E-state index contributed by atoms with van der Waals surface area (Å²) in [6, 6.07) is 0.328. The maximum absolute atomic E-state index is 11.2. The first-order chi connectivity index (χ1) is 9.56. The number of aryl methyl sites for hydroxylation is 2. The first-order valence-corrected chi connectivity index (χ1v) is 7.55. The molecule has 1 aliphatic rings. The maximum atomic E-state index is 11.2. The Morgan fingerprint density at radius 1 is 1.45 bits per heavy atom. The van der Waals surface area contributed by atoms with Crippen LogP contribution in [0.4, 0.5) is 11.5 Å². The van der Waals surface area contributed by atoms with Gasteiger partial charge in [-0.05, 0) is 32.6 Å². The van der Waals surface area contributed by atoms with Crippen molar-refractivity contribution in [3.05, 3.63) is 15.8 Å². The summed E-state index contributed by atoms with van der Waals surface area (Å²) in [6.07, 6.45) is 5.85. The average Bonchev–Trinajstić information content (AvgIpc) is 2.75. The monoisotopic (exact) mass is 280 g/mol. The molecule has 6 nitrogen and oxygen atoms in total. The molecule has 1 aliphatic carbocycles. The summed E-state index contributed by atoms with van der Waals surface area (Å²) < 4.78 is 1.71. The molecule has 0 amide bonds. The van der Waals surface area contributed by atoms with Gasteiger partial charge >= 0.3 is 5.69 Å². The van der Waals surface area contributed by atoms with E-state index in [-0.39, 0.29) is 10.6 Å². The molecular formula is C14H24N4O2. The second kappa shape index (κ2) is 6.24. The van der Waals surface area contributed by atoms with Crippen LogP contribution in [-0.4, -0.2) is 20.7 Å². The van der Waals surface area contributed by atoms with Crippen LogP contribution >= 0.6 is 0 Å². The highest BCUT2D eigenvalue weighted by molar-refractivity contribution is 5.60. The predicted molar refractivity (Wildman–Crippen MR) is 79.0 cm³/mol. The van der Waals surface area contributed by atoms with Crippen molar-refractivity contribution in [1.29, 1.82) is 0 Å². The molecule has 0 radical (unpaired) electrons. The van der Waals surface area contributed by atoms with Gasteiger partial charge in [-0.15, -0.1) is 0 Å². The van der Waals surface area contributed by atoms with Crippen LogP contribution in [0.1, 0.15) is 51.6 Å². The summed E-state index contributed by atoms with van der Waals surface area (Å²) >= 11 is 0. The van der Waals surface area contributed by atoms with Gasteiger partial charge < -0.3 is 5.32 Å². The van der Waals surface area contributed by atoms with Crippen LogP contribution in [0.2, 0.25) is 0 Å². The standard InChI is InChI=1S/C14H24N4O2/c1-4-11-7-6-8-12(9-11)15-14-13(18(19)20)10(3)16-17(14)5-2/h11-12,15H,4-9H2,1-3H3. The van der Waals surface area contributed by atoms with Crippen LogP contribution in [-0.2, 0) is 6.54 Å². The van der Waals surface area contributed by atoms with Crippen LogP contribution < -0.4 is 5.32 Å². The van der Waals surface area contributed by atoms with Crippen LogP contribution in [0.25, 0.3) is 0 Å². The molecular weight excluding hydrogens is 256 g/mol. The topological polar surface area (TPSA) is 73.0 Å². The molecule has 2 rings (SSSR count). The molecule has 1 fully saturated rings. The molecule has 1 N–H and O–H groups in total. The first kappa shape index (κ1) is 14.8. The molecule has 6 heteroatoms. The highest BCUT2D eigenvalue weighted by atomic mass is 16.6. The van der Waals surface area contributed by atoms with Gasteiger partial charge in [0.15, 0.2) is 0 Å². The molecule has 20 heavy (non-hydrogen) atoms. The summed E-state index contributed by atoms with van der Waals surface area (Å²) in [5.41, 5.74) is 0.618. The van der Waals surface area contributed by atoms with E-state index in [4.69, 9.17) is 0 Å². The van der Waals surface area contributed by atoms with Crippen molar-refractivity contribution in [2.24, 2.45) is 5.92 Å². The molecule has 1 aromatic heterocycles. The predicted octanol–water partition coefficient (Wildman–Crippen LogP) is 3.50. The maximum Gasteiger partial charge on any atom is 0.333 e. The van der Waals surface area contributed by atoms with E-state index in [1.807, 2.05) is 6.92 Å².